The number of sulfonamides is 1. The van der Waals surface area contributed by atoms with E-state index in [0.29, 0.717) is 28.6 Å². The van der Waals surface area contributed by atoms with Crippen LogP contribution in [0.3, 0.4) is 0 Å². The van der Waals surface area contributed by atoms with Crippen molar-refractivity contribution in [1.29, 1.82) is 0 Å². The zero-order valence-corrected chi connectivity index (χ0v) is 13.0. The monoisotopic (exact) mass is 339 g/mol. The standard InChI is InChI=1S/C12H15Cl2NO4S/c13-11-2-1-3-12(14)10(11)7-20(16,17)15-6-9-4-5-18-8-19-9/h1-3,9,15H,4-8H2/t9-/m1/s1. The Hall–Kier alpha value is -0.370. The van der Waals surface area contributed by atoms with E-state index < -0.39 is 10.0 Å². The first-order chi connectivity index (χ1) is 9.48. The second-order valence-corrected chi connectivity index (χ2v) is 7.03. The summed E-state index contributed by atoms with van der Waals surface area (Å²) in [6.45, 7) is 0.985. The first-order valence-corrected chi connectivity index (χ1v) is 8.48. The second-order valence-electron chi connectivity index (χ2n) is 4.41. The fraction of sp³-hybridized carbons (Fsp3) is 0.500. The molecule has 112 valence electrons. The Labute approximate surface area is 128 Å². The average Bonchev–Trinajstić information content (AvgIpc) is 2.42. The molecule has 1 atom stereocenters. The molecule has 1 aliphatic heterocycles. The van der Waals surface area contributed by atoms with E-state index in [1.54, 1.807) is 18.2 Å². The van der Waals surface area contributed by atoms with Crippen LogP contribution in [0.1, 0.15) is 12.0 Å². The van der Waals surface area contributed by atoms with E-state index in [4.69, 9.17) is 32.7 Å². The lowest BCUT2D eigenvalue weighted by molar-refractivity contribution is -0.136. The summed E-state index contributed by atoms with van der Waals surface area (Å²) in [6.07, 6.45) is 0.496. The van der Waals surface area contributed by atoms with E-state index in [0.717, 1.165) is 0 Å². The largest absolute Gasteiger partial charge is 0.355 e. The Morgan fingerprint density at radius 1 is 1.30 bits per heavy atom. The van der Waals surface area contributed by atoms with Crippen molar-refractivity contribution < 1.29 is 17.9 Å². The van der Waals surface area contributed by atoms with Crippen molar-refractivity contribution in [2.45, 2.75) is 18.3 Å². The number of ether oxygens (including phenoxy) is 2. The van der Waals surface area contributed by atoms with Crippen molar-refractivity contribution in [3.05, 3.63) is 33.8 Å². The molecule has 1 heterocycles. The van der Waals surface area contributed by atoms with Gasteiger partial charge in [0.05, 0.1) is 18.5 Å². The quantitative estimate of drug-likeness (QED) is 0.892. The first kappa shape index (κ1) is 16.0. The molecule has 1 fully saturated rings. The van der Waals surface area contributed by atoms with Crippen LogP contribution in [-0.2, 0) is 25.2 Å². The Balaban J connectivity index is 1.96. The Morgan fingerprint density at radius 3 is 2.60 bits per heavy atom. The zero-order valence-electron chi connectivity index (χ0n) is 10.6. The van der Waals surface area contributed by atoms with Crippen molar-refractivity contribution in [2.75, 3.05) is 19.9 Å². The fourth-order valence-corrected chi connectivity index (χ4v) is 3.72. The topological polar surface area (TPSA) is 64.6 Å². The van der Waals surface area contributed by atoms with Crippen molar-refractivity contribution >= 4 is 33.2 Å². The first-order valence-electron chi connectivity index (χ1n) is 6.07. The Kier molecular flexibility index (Phi) is 5.65. The van der Waals surface area contributed by atoms with E-state index in [9.17, 15) is 8.42 Å². The van der Waals surface area contributed by atoms with Crippen LogP contribution in [-0.4, -0.2) is 34.5 Å². The third-order valence-corrected chi connectivity index (χ3v) is 4.88. The lowest BCUT2D eigenvalue weighted by Gasteiger charge is -2.22. The molecule has 0 aromatic heterocycles. The summed E-state index contributed by atoms with van der Waals surface area (Å²) in [5.74, 6) is -0.255. The summed E-state index contributed by atoms with van der Waals surface area (Å²) in [7, 11) is -3.52. The summed E-state index contributed by atoms with van der Waals surface area (Å²) >= 11 is 11.9. The van der Waals surface area contributed by atoms with Gasteiger partial charge in [-0.25, -0.2) is 13.1 Å². The van der Waals surface area contributed by atoms with Crippen LogP contribution in [0.4, 0.5) is 0 Å². The van der Waals surface area contributed by atoms with Gasteiger partial charge in [0.1, 0.15) is 6.79 Å². The van der Waals surface area contributed by atoms with E-state index in [-0.39, 0.29) is 25.2 Å². The van der Waals surface area contributed by atoms with E-state index in [1.807, 2.05) is 0 Å². The van der Waals surface area contributed by atoms with Crippen LogP contribution in [0, 0.1) is 0 Å². The highest BCUT2D eigenvalue weighted by Gasteiger charge is 2.20. The summed E-state index contributed by atoms with van der Waals surface area (Å²) < 4.78 is 36.9. The Morgan fingerprint density at radius 2 is 2.00 bits per heavy atom. The molecule has 0 unspecified atom stereocenters. The molecule has 8 heteroatoms. The normalized spacial score (nSPS) is 20.0. The number of nitrogens with one attached hydrogen (secondary N) is 1. The molecule has 0 saturated carbocycles. The third-order valence-electron chi connectivity index (χ3n) is 2.90. The minimum Gasteiger partial charge on any atom is -0.355 e. The lowest BCUT2D eigenvalue weighted by atomic mass is 10.2. The molecule has 1 aromatic rings. The van der Waals surface area contributed by atoms with Crippen LogP contribution >= 0.6 is 23.2 Å². The maximum Gasteiger partial charge on any atom is 0.215 e. The Bertz CT molecular complexity index is 538. The van der Waals surface area contributed by atoms with Gasteiger partial charge in [0.25, 0.3) is 0 Å². The van der Waals surface area contributed by atoms with E-state index in [1.165, 1.54) is 0 Å². The number of hydrogen-bond donors (Lipinski definition) is 1. The van der Waals surface area contributed by atoms with Gasteiger partial charge in [0.2, 0.25) is 10.0 Å². The SMILES string of the molecule is O=S(=O)(Cc1c(Cl)cccc1Cl)NC[C@H]1CCOCO1. The van der Waals surface area contributed by atoms with Gasteiger partial charge < -0.3 is 9.47 Å². The summed E-state index contributed by atoms with van der Waals surface area (Å²) in [5.41, 5.74) is 0.399. The minimum atomic E-state index is -3.52. The smallest absolute Gasteiger partial charge is 0.215 e. The molecular weight excluding hydrogens is 325 g/mol. The number of halogens is 2. The van der Waals surface area contributed by atoms with Crippen molar-refractivity contribution in [3.63, 3.8) is 0 Å². The van der Waals surface area contributed by atoms with Gasteiger partial charge >= 0.3 is 0 Å². The molecular formula is C12H15Cl2NO4S. The van der Waals surface area contributed by atoms with Gasteiger partial charge in [-0.05, 0) is 18.6 Å². The van der Waals surface area contributed by atoms with Gasteiger partial charge in [-0.3, -0.25) is 0 Å². The van der Waals surface area contributed by atoms with Crippen molar-refractivity contribution in [2.24, 2.45) is 0 Å². The summed E-state index contributed by atoms with van der Waals surface area (Å²) in [6, 6.07) is 4.89. The molecule has 0 aliphatic carbocycles. The highest BCUT2D eigenvalue weighted by molar-refractivity contribution is 7.88. The minimum absolute atomic E-state index is 0.166. The predicted octanol–water partition coefficient (Wildman–Crippen LogP) is 2.18. The highest BCUT2D eigenvalue weighted by Crippen LogP contribution is 2.25. The van der Waals surface area contributed by atoms with Crippen LogP contribution in [0.2, 0.25) is 10.0 Å². The molecule has 2 rings (SSSR count). The molecule has 1 N–H and O–H groups in total. The van der Waals surface area contributed by atoms with Gasteiger partial charge in [0, 0.05) is 22.2 Å². The number of rotatable bonds is 5. The van der Waals surface area contributed by atoms with Crippen LogP contribution in [0.25, 0.3) is 0 Å². The molecule has 0 spiro atoms. The summed E-state index contributed by atoms with van der Waals surface area (Å²) in [5, 5.41) is 0.676. The van der Waals surface area contributed by atoms with Gasteiger partial charge in [-0.2, -0.15) is 0 Å². The maximum atomic E-state index is 12.0. The molecule has 1 aliphatic rings. The molecule has 20 heavy (non-hydrogen) atoms. The van der Waals surface area contributed by atoms with Crippen LogP contribution in [0.5, 0.6) is 0 Å². The maximum absolute atomic E-state index is 12.0. The summed E-state index contributed by atoms with van der Waals surface area (Å²) in [4.78, 5) is 0. The van der Waals surface area contributed by atoms with Crippen molar-refractivity contribution in [1.82, 2.24) is 4.72 Å². The van der Waals surface area contributed by atoms with Crippen molar-refractivity contribution in [3.8, 4) is 0 Å². The molecule has 1 aromatic carbocycles. The van der Waals surface area contributed by atoms with E-state index in [2.05, 4.69) is 4.72 Å². The average molecular weight is 340 g/mol. The number of benzene rings is 1. The van der Waals surface area contributed by atoms with Gasteiger partial charge in [0.15, 0.2) is 0 Å². The van der Waals surface area contributed by atoms with Crippen LogP contribution < -0.4 is 4.72 Å². The highest BCUT2D eigenvalue weighted by atomic mass is 35.5. The molecule has 0 bridgehead atoms. The number of hydrogen-bond acceptors (Lipinski definition) is 4. The van der Waals surface area contributed by atoms with Gasteiger partial charge in [-0.1, -0.05) is 29.3 Å². The zero-order chi connectivity index (χ0) is 14.6. The predicted molar refractivity (Wildman–Crippen MR) is 77.4 cm³/mol. The molecule has 0 amide bonds. The molecule has 1 saturated heterocycles. The van der Waals surface area contributed by atoms with Gasteiger partial charge in [-0.15, -0.1) is 0 Å². The second kappa shape index (κ2) is 7.06. The fourth-order valence-electron chi connectivity index (χ4n) is 1.79. The molecule has 5 nitrogen and oxygen atoms in total. The molecule has 0 radical (unpaired) electrons. The van der Waals surface area contributed by atoms with E-state index >= 15 is 0 Å². The third kappa shape index (κ3) is 4.58. The van der Waals surface area contributed by atoms with Crippen LogP contribution in [0.15, 0.2) is 18.2 Å². The lowest BCUT2D eigenvalue weighted by Crippen LogP contribution is -2.37.